The van der Waals surface area contributed by atoms with Crippen LogP contribution in [0, 0.1) is 0 Å². The summed E-state index contributed by atoms with van der Waals surface area (Å²) in [4.78, 5) is 0. The van der Waals surface area contributed by atoms with Gasteiger partial charge in [-0.05, 0) is 30.5 Å². The number of fused-ring (bicyclic) bond motifs is 1. The van der Waals surface area contributed by atoms with Crippen molar-refractivity contribution in [1.82, 2.24) is 5.32 Å². The third-order valence-corrected chi connectivity index (χ3v) is 3.77. The van der Waals surface area contributed by atoms with Gasteiger partial charge >= 0.3 is 0 Å². The van der Waals surface area contributed by atoms with Crippen molar-refractivity contribution >= 4 is 11.6 Å². The van der Waals surface area contributed by atoms with Crippen LogP contribution in [0.25, 0.3) is 0 Å². The van der Waals surface area contributed by atoms with Crippen LogP contribution in [0.2, 0.25) is 5.02 Å². The lowest BCUT2D eigenvalue weighted by molar-refractivity contribution is 0.297. The second kappa shape index (κ2) is 4.75. The molecule has 1 atom stereocenters. The average Bonchev–Trinajstić information content (AvgIpc) is 2.74. The van der Waals surface area contributed by atoms with Crippen molar-refractivity contribution in [2.45, 2.75) is 18.8 Å². The Morgan fingerprint density at radius 2 is 2.12 bits per heavy atom. The Bertz CT molecular complexity index is 416. The van der Waals surface area contributed by atoms with E-state index in [9.17, 15) is 0 Å². The quantitative estimate of drug-likeness (QED) is 0.835. The second-order valence-corrected chi connectivity index (χ2v) is 4.91. The Hall–Kier alpha value is -0.930. The molecule has 2 heterocycles. The normalized spacial score (nSPS) is 23.5. The van der Waals surface area contributed by atoms with Crippen LogP contribution in [0.3, 0.4) is 0 Å². The molecule has 1 aromatic carbocycles. The monoisotopic (exact) mass is 253 g/mol. The highest BCUT2D eigenvalue weighted by molar-refractivity contribution is 6.33. The molecule has 4 heteroatoms. The van der Waals surface area contributed by atoms with E-state index < -0.39 is 0 Å². The summed E-state index contributed by atoms with van der Waals surface area (Å²) < 4.78 is 11.3. The van der Waals surface area contributed by atoms with Crippen molar-refractivity contribution < 1.29 is 9.47 Å². The minimum Gasteiger partial charge on any atom is -0.490 e. The van der Waals surface area contributed by atoms with Gasteiger partial charge in [0, 0.05) is 13.0 Å². The Morgan fingerprint density at radius 1 is 1.24 bits per heavy atom. The average molecular weight is 254 g/mol. The van der Waals surface area contributed by atoms with Crippen LogP contribution >= 0.6 is 11.6 Å². The number of halogens is 1. The van der Waals surface area contributed by atoms with Crippen molar-refractivity contribution in [3.05, 3.63) is 22.7 Å². The first-order valence-electron chi connectivity index (χ1n) is 6.15. The molecule has 0 aromatic heterocycles. The zero-order valence-corrected chi connectivity index (χ0v) is 10.4. The molecule has 1 fully saturated rings. The molecule has 1 saturated heterocycles. The van der Waals surface area contributed by atoms with Crippen LogP contribution in [0.15, 0.2) is 12.1 Å². The molecule has 1 N–H and O–H groups in total. The van der Waals surface area contributed by atoms with Crippen LogP contribution in [-0.4, -0.2) is 26.3 Å². The van der Waals surface area contributed by atoms with Gasteiger partial charge in [0.25, 0.3) is 0 Å². The van der Waals surface area contributed by atoms with E-state index in [1.807, 2.05) is 6.07 Å². The molecule has 3 nitrogen and oxygen atoms in total. The number of benzene rings is 1. The number of hydrogen-bond donors (Lipinski definition) is 1. The lowest BCUT2D eigenvalue weighted by Gasteiger charge is -2.16. The minimum absolute atomic E-state index is 0.500. The summed E-state index contributed by atoms with van der Waals surface area (Å²) in [5.74, 6) is 2.01. The van der Waals surface area contributed by atoms with Crippen molar-refractivity contribution in [1.29, 1.82) is 0 Å². The fourth-order valence-corrected chi connectivity index (χ4v) is 2.82. The van der Waals surface area contributed by atoms with Gasteiger partial charge in [-0.3, -0.25) is 0 Å². The van der Waals surface area contributed by atoms with Gasteiger partial charge in [0.05, 0.1) is 18.2 Å². The van der Waals surface area contributed by atoms with Gasteiger partial charge in [0.1, 0.15) is 0 Å². The molecule has 2 aliphatic heterocycles. The summed E-state index contributed by atoms with van der Waals surface area (Å²) in [6.07, 6.45) is 2.05. The van der Waals surface area contributed by atoms with Gasteiger partial charge in [-0.15, -0.1) is 0 Å². The molecule has 92 valence electrons. The smallest absolute Gasteiger partial charge is 0.180 e. The molecular formula is C13H16ClNO2. The lowest BCUT2D eigenvalue weighted by atomic mass is 9.98. The Labute approximate surface area is 106 Å². The largest absolute Gasteiger partial charge is 0.490 e. The van der Waals surface area contributed by atoms with E-state index in [1.54, 1.807) is 0 Å². The molecule has 0 bridgehead atoms. The maximum atomic E-state index is 6.45. The van der Waals surface area contributed by atoms with Gasteiger partial charge in [-0.1, -0.05) is 17.7 Å². The van der Waals surface area contributed by atoms with Crippen molar-refractivity contribution in [2.24, 2.45) is 0 Å². The molecule has 17 heavy (non-hydrogen) atoms. The van der Waals surface area contributed by atoms with E-state index >= 15 is 0 Å². The zero-order valence-electron chi connectivity index (χ0n) is 9.67. The first kappa shape index (κ1) is 11.2. The number of rotatable bonds is 1. The van der Waals surface area contributed by atoms with Crippen LogP contribution in [0.4, 0.5) is 0 Å². The molecule has 1 aromatic rings. The van der Waals surface area contributed by atoms with Crippen LogP contribution in [-0.2, 0) is 0 Å². The lowest BCUT2D eigenvalue weighted by Crippen LogP contribution is -2.08. The zero-order chi connectivity index (χ0) is 11.7. The Balaban J connectivity index is 1.98. The molecule has 1 unspecified atom stereocenters. The molecule has 3 rings (SSSR count). The maximum Gasteiger partial charge on any atom is 0.180 e. The first-order valence-corrected chi connectivity index (χ1v) is 6.53. The van der Waals surface area contributed by atoms with Gasteiger partial charge < -0.3 is 14.8 Å². The summed E-state index contributed by atoms with van der Waals surface area (Å²) in [5.41, 5.74) is 1.18. The third kappa shape index (κ3) is 2.09. The van der Waals surface area contributed by atoms with Crippen molar-refractivity contribution in [2.75, 3.05) is 26.3 Å². The molecule has 0 amide bonds. The first-order chi connectivity index (χ1) is 8.36. The number of nitrogens with one attached hydrogen (secondary N) is 1. The number of hydrogen-bond acceptors (Lipinski definition) is 3. The van der Waals surface area contributed by atoms with Gasteiger partial charge in [-0.2, -0.15) is 0 Å². The summed E-state index contributed by atoms with van der Waals surface area (Å²) in [6.45, 7) is 3.45. The highest BCUT2D eigenvalue weighted by Gasteiger charge is 2.24. The van der Waals surface area contributed by atoms with Crippen LogP contribution in [0.5, 0.6) is 11.5 Å². The predicted molar refractivity (Wildman–Crippen MR) is 67.3 cm³/mol. The fraction of sp³-hybridized carbons (Fsp3) is 0.538. The van der Waals surface area contributed by atoms with Crippen molar-refractivity contribution in [3.8, 4) is 11.5 Å². The van der Waals surface area contributed by atoms with Gasteiger partial charge in [0.15, 0.2) is 11.5 Å². The molecule has 2 aliphatic rings. The highest BCUT2D eigenvalue weighted by Crippen LogP contribution is 2.42. The fourth-order valence-electron chi connectivity index (χ4n) is 2.45. The van der Waals surface area contributed by atoms with E-state index in [4.69, 9.17) is 21.1 Å². The molecule has 0 aliphatic carbocycles. The minimum atomic E-state index is 0.500. The summed E-state index contributed by atoms with van der Waals surface area (Å²) in [6, 6.07) is 4.06. The van der Waals surface area contributed by atoms with E-state index in [-0.39, 0.29) is 0 Å². The van der Waals surface area contributed by atoms with Gasteiger partial charge in [-0.25, -0.2) is 0 Å². The molecule has 0 spiro atoms. The second-order valence-electron chi connectivity index (χ2n) is 4.54. The highest BCUT2D eigenvalue weighted by atomic mass is 35.5. The number of ether oxygens (including phenoxy) is 2. The topological polar surface area (TPSA) is 30.5 Å². The van der Waals surface area contributed by atoms with E-state index in [0.717, 1.165) is 42.5 Å². The summed E-state index contributed by atoms with van der Waals surface area (Å²) in [5, 5.41) is 4.09. The Morgan fingerprint density at radius 3 is 2.94 bits per heavy atom. The summed E-state index contributed by atoms with van der Waals surface area (Å²) in [7, 11) is 0. The van der Waals surface area contributed by atoms with Crippen LogP contribution < -0.4 is 14.8 Å². The maximum absolute atomic E-state index is 6.45. The van der Waals surface area contributed by atoms with E-state index in [1.165, 1.54) is 5.56 Å². The van der Waals surface area contributed by atoms with E-state index in [2.05, 4.69) is 11.4 Å². The molecule has 0 radical (unpaired) electrons. The third-order valence-electron chi connectivity index (χ3n) is 3.38. The van der Waals surface area contributed by atoms with Gasteiger partial charge in [0.2, 0.25) is 0 Å². The standard InChI is InChI=1S/C13H16ClNO2/c14-12-10(9-4-5-15-8-9)2-3-11-13(12)17-7-1-6-16-11/h2-3,9,15H,1,4-8H2. The molecule has 0 saturated carbocycles. The summed E-state index contributed by atoms with van der Waals surface area (Å²) >= 11 is 6.45. The van der Waals surface area contributed by atoms with Crippen LogP contribution in [0.1, 0.15) is 24.3 Å². The predicted octanol–water partition coefficient (Wildman–Crippen LogP) is 2.58. The Kier molecular flexibility index (Phi) is 3.12. The molecular weight excluding hydrogens is 238 g/mol. The van der Waals surface area contributed by atoms with Crippen molar-refractivity contribution in [3.63, 3.8) is 0 Å². The SMILES string of the molecule is Clc1c(C2CCNC2)ccc2c1OCCCO2. The van der Waals surface area contributed by atoms with E-state index in [0.29, 0.717) is 19.1 Å².